The van der Waals surface area contributed by atoms with Gasteiger partial charge in [0.25, 0.3) is 0 Å². The lowest BCUT2D eigenvalue weighted by atomic mass is 10.0. The second-order valence-corrected chi connectivity index (χ2v) is 6.59. The summed E-state index contributed by atoms with van der Waals surface area (Å²) in [6.07, 6.45) is 0.800. The van der Waals surface area contributed by atoms with Crippen molar-refractivity contribution in [2.75, 3.05) is 53.4 Å². The van der Waals surface area contributed by atoms with E-state index in [1.807, 2.05) is 31.2 Å². The van der Waals surface area contributed by atoms with Crippen molar-refractivity contribution in [1.29, 1.82) is 0 Å². The maximum Gasteiger partial charge on any atom is 0.309 e. The lowest BCUT2D eigenvalue weighted by Gasteiger charge is -2.38. The molecule has 2 rings (SSSR count). The fourth-order valence-corrected chi connectivity index (χ4v) is 3.01. The van der Waals surface area contributed by atoms with Gasteiger partial charge in [0.05, 0.1) is 13.2 Å². The maximum atomic E-state index is 12.1. The number of amides is 2. The molecule has 0 unspecified atom stereocenters. The Morgan fingerprint density at radius 1 is 1.08 bits per heavy atom. The summed E-state index contributed by atoms with van der Waals surface area (Å²) >= 11 is 0. The zero-order chi connectivity index (χ0) is 18.9. The van der Waals surface area contributed by atoms with Gasteiger partial charge in [-0.25, -0.2) is 0 Å². The first-order chi connectivity index (χ1) is 12.5. The van der Waals surface area contributed by atoms with Crippen molar-refractivity contribution in [1.82, 2.24) is 20.4 Å². The Balaban J connectivity index is 2.05. The van der Waals surface area contributed by atoms with Crippen LogP contribution in [0.1, 0.15) is 24.9 Å². The summed E-state index contributed by atoms with van der Waals surface area (Å²) in [7, 11) is 3.75. The van der Waals surface area contributed by atoms with E-state index in [4.69, 9.17) is 4.74 Å². The monoisotopic (exact) mass is 362 g/mol. The second kappa shape index (κ2) is 10.1. The number of benzene rings is 1. The number of ether oxygens (including phenoxy) is 1. The van der Waals surface area contributed by atoms with Gasteiger partial charge in [-0.05, 0) is 31.2 Å². The van der Waals surface area contributed by atoms with Crippen LogP contribution in [0.3, 0.4) is 0 Å². The summed E-state index contributed by atoms with van der Waals surface area (Å²) in [4.78, 5) is 28.5. The van der Waals surface area contributed by atoms with Crippen LogP contribution in [0, 0.1) is 0 Å². The summed E-state index contributed by atoms with van der Waals surface area (Å²) in [6, 6.07) is 7.91. The SMILES string of the molecule is CCCNC(=O)C(=O)NC[C@H](c1ccc(OC)cc1)N1CCN(C)CC1. The van der Waals surface area contributed by atoms with Crippen molar-refractivity contribution in [3.8, 4) is 5.75 Å². The predicted molar refractivity (Wildman–Crippen MR) is 101 cm³/mol. The molecule has 0 spiro atoms. The molecule has 2 N–H and O–H groups in total. The highest BCUT2D eigenvalue weighted by molar-refractivity contribution is 6.35. The molecule has 2 amide bonds. The average Bonchev–Trinajstić information content (AvgIpc) is 2.67. The molecule has 0 radical (unpaired) electrons. The van der Waals surface area contributed by atoms with Crippen molar-refractivity contribution in [2.24, 2.45) is 0 Å². The van der Waals surface area contributed by atoms with Crippen LogP contribution in [-0.2, 0) is 9.59 Å². The Kier molecular flexibility index (Phi) is 7.87. The molecule has 0 saturated carbocycles. The van der Waals surface area contributed by atoms with Crippen LogP contribution in [0.4, 0.5) is 0 Å². The third kappa shape index (κ3) is 5.71. The van der Waals surface area contributed by atoms with Gasteiger partial charge in [0.15, 0.2) is 0 Å². The number of nitrogens with one attached hydrogen (secondary N) is 2. The van der Waals surface area contributed by atoms with Crippen molar-refractivity contribution in [2.45, 2.75) is 19.4 Å². The smallest absolute Gasteiger partial charge is 0.309 e. The Bertz CT molecular complexity index is 583. The van der Waals surface area contributed by atoms with Crippen molar-refractivity contribution >= 4 is 11.8 Å². The van der Waals surface area contributed by atoms with Gasteiger partial charge in [-0.1, -0.05) is 19.1 Å². The molecule has 7 heteroatoms. The van der Waals surface area contributed by atoms with E-state index in [2.05, 4.69) is 27.5 Å². The van der Waals surface area contributed by atoms with E-state index in [1.54, 1.807) is 7.11 Å². The van der Waals surface area contributed by atoms with Crippen LogP contribution < -0.4 is 15.4 Å². The number of piperazine rings is 1. The second-order valence-electron chi connectivity index (χ2n) is 6.59. The van der Waals surface area contributed by atoms with Gasteiger partial charge < -0.3 is 20.3 Å². The summed E-state index contributed by atoms with van der Waals surface area (Å²) < 4.78 is 5.23. The highest BCUT2D eigenvalue weighted by atomic mass is 16.5. The third-order valence-corrected chi connectivity index (χ3v) is 4.68. The minimum absolute atomic E-state index is 0.0255. The number of methoxy groups -OCH3 is 1. The predicted octanol–water partition coefficient (Wildman–Crippen LogP) is 0.626. The lowest BCUT2D eigenvalue weighted by molar-refractivity contribution is -0.139. The standard InChI is InChI=1S/C19H30N4O3/c1-4-9-20-18(24)19(25)21-14-17(23-12-10-22(2)11-13-23)15-5-7-16(26-3)8-6-15/h5-8,17H,4,9-14H2,1-3H3,(H,20,24)(H,21,25)/t17-/m1/s1. The molecule has 144 valence electrons. The van der Waals surface area contributed by atoms with Crippen molar-refractivity contribution in [3.05, 3.63) is 29.8 Å². The number of rotatable bonds is 7. The van der Waals surface area contributed by atoms with Gasteiger partial charge in [-0.2, -0.15) is 0 Å². The molecule has 0 aliphatic carbocycles. The molecule has 1 fully saturated rings. The van der Waals surface area contributed by atoms with Crippen LogP contribution in [0.15, 0.2) is 24.3 Å². The molecule has 1 heterocycles. The largest absolute Gasteiger partial charge is 0.497 e. The number of carbonyl (C=O) groups is 2. The number of hydrogen-bond acceptors (Lipinski definition) is 5. The number of hydrogen-bond donors (Lipinski definition) is 2. The van der Waals surface area contributed by atoms with Crippen LogP contribution in [0.2, 0.25) is 0 Å². The molecule has 1 aliphatic rings. The number of carbonyl (C=O) groups excluding carboxylic acids is 2. The number of likely N-dealkylation sites (N-methyl/N-ethyl adjacent to an activating group) is 1. The zero-order valence-corrected chi connectivity index (χ0v) is 16.0. The van der Waals surface area contributed by atoms with E-state index in [-0.39, 0.29) is 6.04 Å². The van der Waals surface area contributed by atoms with Crippen LogP contribution in [0.25, 0.3) is 0 Å². The van der Waals surface area contributed by atoms with Gasteiger partial charge in [0, 0.05) is 39.3 Å². The van der Waals surface area contributed by atoms with Crippen molar-refractivity contribution < 1.29 is 14.3 Å². The van der Waals surface area contributed by atoms with Crippen molar-refractivity contribution in [3.63, 3.8) is 0 Å². The summed E-state index contributed by atoms with van der Waals surface area (Å²) in [5, 5.41) is 5.40. The van der Waals surface area contributed by atoms with Crippen LogP contribution >= 0.6 is 0 Å². The molecule has 1 aliphatic heterocycles. The van der Waals surface area contributed by atoms with Crippen LogP contribution in [-0.4, -0.2) is 75.0 Å². The van der Waals surface area contributed by atoms with E-state index >= 15 is 0 Å². The Morgan fingerprint density at radius 2 is 1.69 bits per heavy atom. The van der Waals surface area contributed by atoms with Gasteiger partial charge >= 0.3 is 11.8 Å². The molecule has 1 aromatic carbocycles. The fourth-order valence-electron chi connectivity index (χ4n) is 3.01. The first kappa shape index (κ1) is 20.2. The third-order valence-electron chi connectivity index (χ3n) is 4.68. The van der Waals surface area contributed by atoms with Gasteiger partial charge in [-0.3, -0.25) is 14.5 Å². The molecule has 1 saturated heterocycles. The summed E-state index contributed by atoms with van der Waals surface area (Å²) in [5.41, 5.74) is 1.10. The highest BCUT2D eigenvalue weighted by Crippen LogP contribution is 2.23. The normalized spacial score (nSPS) is 16.7. The Morgan fingerprint density at radius 3 is 2.27 bits per heavy atom. The quantitative estimate of drug-likeness (QED) is 0.696. The van der Waals surface area contributed by atoms with Gasteiger partial charge in [0.1, 0.15) is 5.75 Å². The molecule has 26 heavy (non-hydrogen) atoms. The molecular formula is C19H30N4O3. The molecule has 0 bridgehead atoms. The molecular weight excluding hydrogens is 332 g/mol. The van der Waals surface area contributed by atoms with E-state index in [0.29, 0.717) is 13.1 Å². The first-order valence-corrected chi connectivity index (χ1v) is 9.17. The topological polar surface area (TPSA) is 73.9 Å². The molecule has 0 aromatic heterocycles. The van der Waals surface area contributed by atoms with E-state index < -0.39 is 11.8 Å². The van der Waals surface area contributed by atoms with Crippen LogP contribution in [0.5, 0.6) is 5.75 Å². The fraction of sp³-hybridized carbons (Fsp3) is 0.579. The Hall–Kier alpha value is -2.12. The van der Waals surface area contributed by atoms with Gasteiger partial charge in [-0.15, -0.1) is 0 Å². The molecule has 7 nitrogen and oxygen atoms in total. The zero-order valence-electron chi connectivity index (χ0n) is 16.0. The average molecular weight is 362 g/mol. The van der Waals surface area contributed by atoms with E-state index in [1.165, 1.54) is 0 Å². The Labute approximate surface area is 155 Å². The number of nitrogens with zero attached hydrogens (tertiary/aromatic N) is 2. The van der Waals surface area contributed by atoms with Gasteiger partial charge in [0.2, 0.25) is 0 Å². The first-order valence-electron chi connectivity index (χ1n) is 9.17. The highest BCUT2D eigenvalue weighted by Gasteiger charge is 2.25. The molecule has 1 atom stereocenters. The lowest BCUT2D eigenvalue weighted by Crippen LogP contribution is -2.49. The molecule has 1 aromatic rings. The minimum atomic E-state index is -0.578. The summed E-state index contributed by atoms with van der Waals surface area (Å²) in [6.45, 7) is 6.66. The van der Waals surface area contributed by atoms with E-state index in [0.717, 1.165) is 43.9 Å². The minimum Gasteiger partial charge on any atom is -0.497 e. The summed E-state index contributed by atoms with van der Waals surface area (Å²) in [5.74, 6) is -0.348. The van der Waals surface area contributed by atoms with E-state index in [9.17, 15) is 9.59 Å². The maximum absolute atomic E-state index is 12.1.